The zero-order chi connectivity index (χ0) is 21.3. The molecule has 0 radical (unpaired) electrons. The van der Waals surface area contributed by atoms with Gasteiger partial charge in [0.25, 0.3) is 0 Å². The van der Waals surface area contributed by atoms with Crippen LogP contribution in [0.5, 0.6) is 0 Å². The second kappa shape index (κ2) is 11.4. The second-order valence-corrected chi connectivity index (χ2v) is 8.31. The molecule has 0 aromatic carbocycles. The highest BCUT2D eigenvalue weighted by molar-refractivity contribution is 4.84. The lowest BCUT2D eigenvalue weighted by molar-refractivity contribution is 0.222. The molecule has 0 bridgehead atoms. The molecule has 2 aromatic heterocycles. The van der Waals surface area contributed by atoms with Crippen molar-refractivity contribution in [1.29, 1.82) is 0 Å². The minimum Gasteiger partial charge on any atom is -0.314 e. The van der Waals surface area contributed by atoms with Gasteiger partial charge in [-0.05, 0) is 43.3 Å². The van der Waals surface area contributed by atoms with Crippen molar-refractivity contribution in [3.8, 4) is 0 Å². The Morgan fingerprint density at radius 2 is 1.37 bits per heavy atom. The van der Waals surface area contributed by atoms with Crippen LogP contribution >= 0.6 is 0 Å². The van der Waals surface area contributed by atoms with Gasteiger partial charge >= 0.3 is 0 Å². The number of nitrogens with zero attached hydrogens (tertiary/aromatic N) is 10. The Bertz CT molecular complexity index is 727. The molecule has 2 N–H and O–H groups in total. The zero-order valence-electron chi connectivity index (χ0n) is 18.7. The summed E-state index contributed by atoms with van der Waals surface area (Å²) < 4.78 is 1.89. The first-order chi connectivity index (χ1) is 14.5. The van der Waals surface area contributed by atoms with E-state index < -0.39 is 0 Å². The first-order valence-electron chi connectivity index (χ1n) is 10.9. The summed E-state index contributed by atoms with van der Waals surface area (Å²) >= 11 is 0. The summed E-state index contributed by atoms with van der Waals surface area (Å²) in [6.07, 6.45) is 0. The van der Waals surface area contributed by atoms with Gasteiger partial charge in [0.1, 0.15) is 0 Å². The van der Waals surface area contributed by atoms with Crippen molar-refractivity contribution in [3.05, 3.63) is 11.6 Å². The van der Waals surface area contributed by atoms with Crippen LogP contribution in [0.1, 0.15) is 51.4 Å². The Balaban J connectivity index is 0.000000171. The average molecular weight is 421 g/mol. The van der Waals surface area contributed by atoms with Crippen LogP contribution < -0.4 is 10.6 Å². The second-order valence-electron chi connectivity index (χ2n) is 8.31. The molecule has 4 heterocycles. The van der Waals surface area contributed by atoms with Gasteiger partial charge in [-0.25, -0.2) is 4.68 Å². The van der Waals surface area contributed by atoms with Crippen molar-refractivity contribution in [3.63, 3.8) is 0 Å². The molecule has 0 atom stereocenters. The predicted octanol–water partition coefficient (Wildman–Crippen LogP) is -0.682. The molecule has 30 heavy (non-hydrogen) atoms. The summed E-state index contributed by atoms with van der Waals surface area (Å²) in [5.41, 5.74) is 0. The monoisotopic (exact) mass is 420 g/mol. The lowest BCUT2D eigenvalue weighted by Crippen LogP contribution is -2.43. The van der Waals surface area contributed by atoms with Crippen LogP contribution in [0.25, 0.3) is 0 Å². The number of aromatic nitrogens is 8. The molecule has 0 saturated carbocycles. The van der Waals surface area contributed by atoms with Crippen LogP contribution in [0.15, 0.2) is 0 Å². The van der Waals surface area contributed by atoms with Crippen LogP contribution in [0.3, 0.4) is 0 Å². The van der Waals surface area contributed by atoms with Gasteiger partial charge in [0.05, 0.1) is 25.2 Å². The third kappa shape index (κ3) is 6.76. The topological polar surface area (TPSA) is 118 Å². The minimum absolute atomic E-state index is 0.286. The largest absolute Gasteiger partial charge is 0.314 e. The summed E-state index contributed by atoms with van der Waals surface area (Å²) in [6.45, 7) is 18.5. The molecule has 2 saturated heterocycles. The molecule has 12 nitrogen and oxygen atoms in total. The number of hydrogen-bond acceptors (Lipinski definition) is 10. The third-order valence-corrected chi connectivity index (χ3v) is 5.13. The van der Waals surface area contributed by atoms with Gasteiger partial charge in [0.15, 0.2) is 11.6 Å². The Morgan fingerprint density at radius 3 is 1.90 bits per heavy atom. The molecule has 12 heteroatoms. The third-order valence-electron chi connectivity index (χ3n) is 5.13. The molecular weight excluding hydrogens is 384 g/mol. The van der Waals surface area contributed by atoms with E-state index in [1.54, 1.807) is 4.80 Å². The van der Waals surface area contributed by atoms with Gasteiger partial charge in [-0.1, -0.05) is 0 Å². The van der Waals surface area contributed by atoms with Crippen molar-refractivity contribution >= 4 is 0 Å². The van der Waals surface area contributed by atoms with E-state index in [-0.39, 0.29) is 6.04 Å². The van der Waals surface area contributed by atoms with E-state index in [1.807, 2.05) is 4.68 Å². The minimum atomic E-state index is 0.286. The number of nitrogens with one attached hydrogen (secondary N) is 2. The summed E-state index contributed by atoms with van der Waals surface area (Å²) in [7, 11) is 0. The van der Waals surface area contributed by atoms with Crippen molar-refractivity contribution in [2.45, 2.75) is 52.9 Å². The fraction of sp³-hybridized carbons (Fsp3) is 0.889. The zero-order valence-corrected chi connectivity index (χ0v) is 18.7. The van der Waals surface area contributed by atoms with Gasteiger partial charge < -0.3 is 10.6 Å². The number of hydrogen-bond donors (Lipinski definition) is 2. The Hall–Kier alpha value is -2.02. The van der Waals surface area contributed by atoms with Crippen molar-refractivity contribution in [2.24, 2.45) is 0 Å². The average Bonchev–Trinajstić information content (AvgIpc) is 3.40. The number of piperazine rings is 2. The van der Waals surface area contributed by atoms with Gasteiger partial charge in [-0.15, -0.1) is 15.3 Å². The maximum Gasteiger partial charge on any atom is 0.188 e. The van der Waals surface area contributed by atoms with E-state index in [2.05, 4.69) is 79.1 Å². The highest BCUT2D eigenvalue weighted by atomic mass is 15.6. The Kier molecular flexibility index (Phi) is 8.61. The van der Waals surface area contributed by atoms with E-state index in [9.17, 15) is 0 Å². The summed E-state index contributed by atoms with van der Waals surface area (Å²) in [6, 6.07) is 0.618. The lowest BCUT2D eigenvalue weighted by atomic mass is 10.3. The number of tetrazole rings is 2. The summed E-state index contributed by atoms with van der Waals surface area (Å²) in [5.74, 6) is 1.79. The Labute approximate surface area is 178 Å². The molecule has 4 rings (SSSR count). The standard InChI is InChI=1S/2C9H18N6/c1-8(2)15-9(11-12-13-15)7-14-5-3-10-4-6-14;1-8(2)15-12-9(11-13-15)7-14-5-3-10-4-6-14/h2*8,10H,3-7H2,1-2H3. The highest BCUT2D eigenvalue weighted by Crippen LogP contribution is 2.07. The SMILES string of the molecule is CC(C)n1nnc(CN2CCNCC2)n1.CC(C)n1nnnc1CN1CCNCC1. The van der Waals surface area contributed by atoms with E-state index in [0.717, 1.165) is 77.1 Å². The van der Waals surface area contributed by atoms with Crippen LogP contribution in [-0.2, 0) is 13.1 Å². The van der Waals surface area contributed by atoms with E-state index in [1.165, 1.54) is 0 Å². The van der Waals surface area contributed by atoms with Gasteiger partial charge in [0, 0.05) is 52.4 Å². The van der Waals surface area contributed by atoms with Crippen LogP contribution in [0.4, 0.5) is 0 Å². The molecular formula is C18H36N12. The molecule has 0 aliphatic carbocycles. The van der Waals surface area contributed by atoms with Crippen molar-refractivity contribution < 1.29 is 0 Å². The molecule has 2 fully saturated rings. The summed E-state index contributed by atoms with van der Waals surface area (Å²) in [4.78, 5) is 6.39. The highest BCUT2D eigenvalue weighted by Gasteiger charge is 2.16. The first kappa shape index (κ1) is 22.7. The molecule has 2 aromatic rings. The fourth-order valence-corrected chi connectivity index (χ4v) is 3.39. The molecule has 168 valence electrons. The maximum absolute atomic E-state index is 4.34. The van der Waals surface area contributed by atoms with E-state index in [4.69, 9.17) is 0 Å². The molecule has 0 unspecified atom stereocenters. The van der Waals surface area contributed by atoms with E-state index in [0.29, 0.717) is 6.04 Å². The molecule has 0 spiro atoms. The molecule has 2 aliphatic heterocycles. The van der Waals surface area contributed by atoms with Crippen molar-refractivity contribution in [1.82, 2.24) is 60.8 Å². The predicted molar refractivity (Wildman–Crippen MR) is 113 cm³/mol. The molecule has 2 aliphatic rings. The summed E-state index contributed by atoms with van der Waals surface area (Å²) in [5, 5.41) is 30.8. The van der Waals surface area contributed by atoms with Gasteiger partial charge in [-0.2, -0.15) is 4.80 Å². The fourth-order valence-electron chi connectivity index (χ4n) is 3.39. The van der Waals surface area contributed by atoms with Gasteiger partial charge in [0.2, 0.25) is 0 Å². The van der Waals surface area contributed by atoms with E-state index >= 15 is 0 Å². The quantitative estimate of drug-likeness (QED) is 0.622. The maximum atomic E-state index is 4.34. The number of rotatable bonds is 6. The van der Waals surface area contributed by atoms with Crippen LogP contribution in [0, 0.1) is 0 Å². The molecule has 0 amide bonds. The smallest absolute Gasteiger partial charge is 0.188 e. The first-order valence-corrected chi connectivity index (χ1v) is 10.9. The lowest BCUT2D eigenvalue weighted by Gasteiger charge is -2.26. The van der Waals surface area contributed by atoms with Crippen molar-refractivity contribution in [2.75, 3.05) is 52.4 Å². The van der Waals surface area contributed by atoms with Crippen LogP contribution in [-0.4, -0.2) is 103 Å². The van der Waals surface area contributed by atoms with Crippen LogP contribution in [0.2, 0.25) is 0 Å². The normalized spacial score (nSPS) is 18.6. The van der Waals surface area contributed by atoms with Gasteiger partial charge in [-0.3, -0.25) is 9.80 Å². The Morgan fingerprint density at radius 1 is 0.767 bits per heavy atom.